The molecule has 0 aliphatic heterocycles. The fraction of sp³-hybridized carbons (Fsp3) is 0. The predicted molar refractivity (Wildman–Crippen MR) is 98.9 cm³/mol. The van der Waals surface area contributed by atoms with Crippen molar-refractivity contribution in [2.45, 2.75) is 9.79 Å². The van der Waals surface area contributed by atoms with Gasteiger partial charge in [-0.15, -0.1) is 0 Å². The van der Waals surface area contributed by atoms with E-state index >= 15 is 0 Å². The van der Waals surface area contributed by atoms with Crippen molar-refractivity contribution in [3.63, 3.8) is 0 Å². The molecule has 0 spiro atoms. The van der Waals surface area contributed by atoms with Crippen LogP contribution < -0.4 is 5.32 Å². The predicted octanol–water partition coefficient (Wildman–Crippen LogP) is 5.01. The first-order chi connectivity index (χ1) is 12.2. The highest BCUT2D eigenvalue weighted by Gasteiger charge is 2.14. The van der Waals surface area contributed by atoms with Crippen LogP contribution in [0.4, 0.5) is 5.82 Å². The van der Waals surface area contributed by atoms with E-state index in [0.29, 0.717) is 22.0 Å². The molecule has 4 nitrogen and oxygen atoms in total. The zero-order valence-corrected chi connectivity index (χ0v) is 14.5. The number of rotatable bonds is 4. The smallest absolute Gasteiger partial charge is 0.257 e. The van der Waals surface area contributed by atoms with Gasteiger partial charge in [0, 0.05) is 16.0 Å². The number of carbonyl (C=O) groups excluding carboxylic acids is 1. The minimum Gasteiger partial charge on any atom is -0.307 e. The van der Waals surface area contributed by atoms with Crippen molar-refractivity contribution in [2.24, 2.45) is 0 Å². The minimum absolute atomic E-state index is 0.271. The van der Waals surface area contributed by atoms with Gasteiger partial charge in [-0.25, -0.2) is 4.98 Å². The molecule has 0 radical (unpaired) electrons. The fourth-order valence-electron chi connectivity index (χ4n) is 2.14. The Hall–Kier alpha value is -2.81. The topological polar surface area (TPSA) is 65.8 Å². The van der Waals surface area contributed by atoms with E-state index in [9.17, 15) is 10.1 Å². The Morgan fingerprint density at radius 2 is 1.76 bits per heavy atom. The van der Waals surface area contributed by atoms with Crippen LogP contribution in [0.1, 0.15) is 15.9 Å². The average Bonchev–Trinajstić information content (AvgIpc) is 2.64. The van der Waals surface area contributed by atoms with Crippen molar-refractivity contribution in [2.75, 3.05) is 5.32 Å². The summed E-state index contributed by atoms with van der Waals surface area (Å²) >= 11 is 7.19. The van der Waals surface area contributed by atoms with Gasteiger partial charge in [0.25, 0.3) is 5.91 Å². The van der Waals surface area contributed by atoms with E-state index in [1.165, 1.54) is 18.0 Å². The Balaban J connectivity index is 1.86. The third kappa shape index (κ3) is 4.18. The standard InChI is InChI=1S/C19H12ClN3OS/c20-14-9-10-18(22-12-14)23-19(24)15-6-2-4-8-17(15)25-16-7-3-1-5-13(16)11-21/h1-10,12H,(H,22,23,24). The molecule has 0 unspecified atom stereocenters. The highest BCUT2D eigenvalue weighted by molar-refractivity contribution is 7.99. The number of aromatic nitrogens is 1. The Labute approximate surface area is 154 Å². The van der Waals surface area contributed by atoms with Crippen molar-refractivity contribution < 1.29 is 4.79 Å². The lowest BCUT2D eigenvalue weighted by Gasteiger charge is -2.10. The summed E-state index contributed by atoms with van der Waals surface area (Å²) in [5.74, 6) is 0.152. The number of nitriles is 1. The van der Waals surface area contributed by atoms with E-state index in [0.717, 1.165) is 9.79 Å². The number of nitrogens with one attached hydrogen (secondary N) is 1. The molecule has 0 atom stereocenters. The van der Waals surface area contributed by atoms with Crippen molar-refractivity contribution in [1.82, 2.24) is 4.98 Å². The Bertz CT molecular complexity index is 951. The maximum Gasteiger partial charge on any atom is 0.257 e. The van der Waals surface area contributed by atoms with Crippen LogP contribution in [-0.2, 0) is 0 Å². The van der Waals surface area contributed by atoms with Gasteiger partial charge in [-0.3, -0.25) is 4.79 Å². The number of halogens is 1. The molecule has 2 aromatic carbocycles. The fourth-order valence-corrected chi connectivity index (χ4v) is 3.28. The van der Waals surface area contributed by atoms with Gasteiger partial charge in [0.1, 0.15) is 11.9 Å². The molecule has 122 valence electrons. The number of anilines is 1. The van der Waals surface area contributed by atoms with Crippen LogP contribution in [0.3, 0.4) is 0 Å². The number of pyridine rings is 1. The maximum absolute atomic E-state index is 12.6. The first-order valence-corrected chi connectivity index (χ1v) is 8.56. The quantitative estimate of drug-likeness (QED) is 0.705. The van der Waals surface area contributed by atoms with Crippen molar-refractivity contribution in [3.05, 3.63) is 83.0 Å². The second-order valence-electron chi connectivity index (χ2n) is 5.02. The average molecular weight is 366 g/mol. The normalized spacial score (nSPS) is 10.1. The van der Waals surface area contributed by atoms with Crippen molar-refractivity contribution in [1.29, 1.82) is 5.26 Å². The molecule has 0 saturated heterocycles. The summed E-state index contributed by atoms with van der Waals surface area (Å²) in [4.78, 5) is 18.2. The second kappa shape index (κ2) is 7.84. The van der Waals surface area contributed by atoms with Crippen LogP contribution in [0.15, 0.2) is 76.7 Å². The Morgan fingerprint density at radius 3 is 2.48 bits per heavy atom. The van der Waals surface area contributed by atoms with E-state index in [-0.39, 0.29) is 5.91 Å². The molecule has 3 rings (SSSR count). The second-order valence-corrected chi connectivity index (χ2v) is 6.54. The molecule has 1 N–H and O–H groups in total. The summed E-state index contributed by atoms with van der Waals surface area (Å²) in [5, 5.41) is 12.5. The molecule has 0 aliphatic carbocycles. The van der Waals surface area contributed by atoms with Crippen molar-refractivity contribution in [3.8, 4) is 6.07 Å². The first kappa shape index (κ1) is 17.0. The minimum atomic E-state index is -0.271. The summed E-state index contributed by atoms with van der Waals surface area (Å²) < 4.78 is 0. The number of nitrogens with zero attached hydrogens (tertiary/aromatic N) is 2. The molecule has 25 heavy (non-hydrogen) atoms. The largest absolute Gasteiger partial charge is 0.307 e. The molecular weight excluding hydrogens is 354 g/mol. The van der Waals surface area contributed by atoms with Gasteiger partial charge in [-0.05, 0) is 36.4 Å². The molecule has 0 fully saturated rings. The summed E-state index contributed by atoms with van der Waals surface area (Å²) in [6.07, 6.45) is 1.47. The monoisotopic (exact) mass is 365 g/mol. The van der Waals surface area contributed by atoms with Crippen LogP contribution in [0, 0.1) is 11.3 Å². The van der Waals surface area contributed by atoms with Gasteiger partial charge in [-0.2, -0.15) is 5.26 Å². The van der Waals surface area contributed by atoms with Crippen molar-refractivity contribution >= 4 is 35.1 Å². The molecule has 1 heterocycles. The summed E-state index contributed by atoms with van der Waals surface area (Å²) in [7, 11) is 0. The van der Waals surface area contributed by atoms with Crippen LogP contribution in [0.2, 0.25) is 5.02 Å². The van der Waals surface area contributed by atoms with Crippen LogP contribution in [-0.4, -0.2) is 10.9 Å². The van der Waals surface area contributed by atoms with Gasteiger partial charge in [0.2, 0.25) is 0 Å². The molecule has 6 heteroatoms. The molecule has 0 bridgehead atoms. The number of benzene rings is 2. The molecule has 3 aromatic rings. The third-order valence-electron chi connectivity index (χ3n) is 3.33. The summed E-state index contributed by atoms with van der Waals surface area (Å²) in [5.41, 5.74) is 1.08. The number of hydrogen-bond acceptors (Lipinski definition) is 4. The Kier molecular flexibility index (Phi) is 5.34. The Morgan fingerprint density at radius 1 is 1.04 bits per heavy atom. The molecular formula is C19H12ClN3OS. The SMILES string of the molecule is N#Cc1ccccc1Sc1ccccc1C(=O)Nc1ccc(Cl)cn1. The number of hydrogen-bond donors (Lipinski definition) is 1. The van der Waals surface area contributed by atoms with E-state index < -0.39 is 0 Å². The first-order valence-electron chi connectivity index (χ1n) is 7.36. The third-order valence-corrected chi connectivity index (χ3v) is 4.70. The lowest BCUT2D eigenvalue weighted by Crippen LogP contribution is -2.13. The number of carbonyl (C=O) groups is 1. The lowest BCUT2D eigenvalue weighted by molar-refractivity contribution is 0.102. The van der Waals surface area contributed by atoms with E-state index in [4.69, 9.17) is 11.6 Å². The van der Waals surface area contributed by atoms with Gasteiger partial charge in [0.15, 0.2) is 0 Å². The molecule has 1 amide bonds. The highest BCUT2D eigenvalue weighted by atomic mass is 35.5. The highest BCUT2D eigenvalue weighted by Crippen LogP contribution is 2.32. The van der Waals surface area contributed by atoms with E-state index in [1.54, 1.807) is 30.3 Å². The molecule has 0 saturated carbocycles. The van der Waals surface area contributed by atoms with E-state index in [2.05, 4.69) is 16.4 Å². The lowest BCUT2D eigenvalue weighted by atomic mass is 10.2. The van der Waals surface area contributed by atoms with Gasteiger partial charge < -0.3 is 5.32 Å². The van der Waals surface area contributed by atoms with Gasteiger partial charge >= 0.3 is 0 Å². The maximum atomic E-state index is 12.6. The van der Waals surface area contributed by atoms with Crippen LogP contribution in [0.25, 0.3) is 0 Å². The summed E-state index contributed by atoms with van der Waals surface area (Å²) in [6, 6.07) is 20.0. The van der Waals surface area contributed by atoms with Gasteiger partial charge in [0.05, 0.1) is 16.1 Å². The van der Waals surface area contributed by atoms with Gasteiger partial charge in [-0.1, -0.05) is 47.6 Å². The van der Waals surface area contributed by atoms with E-state index in [1.807, 2.05) is 30.3 Å². The zero-order valence-electron chi connectivity index (χ0n) is 12.9. The summed E-state index contributed by atoms with van der Waals surface area (Å²) in [6.45, 7) is 0. The molecule has 0 aliphatic rings. The van der Waals surface area contributed by atoms with Crippen LogP contribution in [0.5, 0.6) is 0 Å². The number of amides is 1. The zero-order chi connectivity index (χ0) is 17.6. The molecule has 1 aromatic heterocycles. The van der Waals surface area contributed by atoms with Crippen LogP contribution >= 0.6 is 23.4 Å².